The number of halogens is 2. The van der Waals surface area contributed by atoms with Gasteiger partial charge in [0, 0.05) is 16.7 Å². The number of hydrogen-bond acceptors (Lipinski definition) is 2. The lowest BCUT2D eigenvalue weighted by Crippen LogP contribution is -2.53. The van der Waals surface area contributed by atoms with Gasteiger partial charge in [-0.25, -0.2) is 0 Å². The van der Waals surface area contributed by atoms with E-state index in [0.29, 0.717) is 12.5 Å². The summed E-state index contributed by atoms with van der Waals surface area (Å²) in [5.74, 6) is 0.647. The highest BCUT2D eigenvalue weighted by molar-refractivity contribution is 9.10. The molecule has 1 aromatic carbocycles. The molecule has 2 rings (SSSR count). The van der Waals surface area contributed by atoms with Gasteiger partial charge < -0.3 is 11.1 Å². The minimum Gasteiger partial charge on any atom is -0.378 e. The maximum Gasteiger partial charge on any atom is 0.0568 e. The van der Waals surface area contributed by atoms with E-state index in [4.69, 9.17) is 17.3 Å². The molecule has 19 heavy (non-hydrogen) atoms. The Balaban J connectivity index is 2.23. The summed E-state index contributed by atoms with van der Waals surface area (Å²) in [6.07, 6.45) is 6.17. The van der Waals surface area contributed by atoms with Crippen LogP contribution in [0, 0.1) is 5.92 Å². The third-order valence-electron chi connectivity index (χ3n) is 4.38. The minimum absolute atomic E-state index is 0.0319. The largest absolute Gasteiger partial charge is 0.378 e. The Labute approximate surface area is 129 Å². The molecule has 0 heterocycles. The zero-order chi connectivity index (χ0) is 13.9. The van der Waals surface area contributed by atoms with Crippen LogP contribution in [0.2, 0.25) is 5.02 Å². The van der Waals surface area contributed by atoms with Crippen LogP contribution in [-0.4, -0.2) is 12.1 Å². The number of rotatable bonds is 4. The van der Waals surface area contributed by atoms with Gasteiger partial charge in [-0.1, -0.05) is 37.8 Å². The van der Waals surface area contributed by atoms with E-state index in [9.17, 15) is 0 Å². The third kappa shape index (κ3) is 3.26. The van der Waals surface area contributed by atoms with Crippen LogP contribution in [0.15, 0.2) is 22.7 Å². The molecule has 106 valence electrons. The maximum absolute atomic E-state index is 6.17. The summed E-state index contributed by atoms with van der Waals surface area (Å²) in [6, 6.07) is 6.03. The quantitative estimate of drug-likeness (QED) is 0.821. The first-order chi connectivity index (χ1) is 9.11. The summed E-state index contributed by atoms with van der Waals surface area (Å²) in [7, 11) is 0. The lowest BCUT2D eigenvalue weighted by atomic mass is 9.71. The molecule has 1 aliphatic rings. The highest BCUT2D eigenvalue weighted by Gasteiger charge is 2.38. The fourth-order valence-electron chi connectivity index (χ4n) is 3.25. The van der Waals surface area contributed by atoms with Crippen LogP contribution in [0.5, 0.6) is 0 Å². The lowest BCUT2D eigenvalue weighted by molar-refractivity contribution is 0.212. The maximum atomic E-state index is 6.17. The van der Waals surface area contributed by atoms with Gasteiger partial charge in [0.15, 0.2) is 0 Å². The molecule has 1 aromatic rings. The van der Waals surface area contributed by atoms with Crippen LogP contribution in [-0.2, 0) is 0 Å². The third-order valence-corrected chi connectivity index (χ3v) is 5.61. The lowest BCUT2D eigenvalue weighted by Gasteiger charge is -2.45. The van der Waals surface area contributed by atoms with Crippen LogP contribution in [0.25, 0.3) is 0 Å². The molecule has 3 N–H and O–H groups in total. The number of hydrogen-bond donors (Lipinski definition) is 2. The van der Waals surface area contributed by atoms with Crippen molar-refractivity contribution in [2.24, 2.45) is 11.7 Å². The molecule has 1 aliphatic carbocycles. The SMILES string of the molecule is CCC1CCCCC1(CN)Nc1ccc(Br)c(Cl)c1. The molecular weight excluding hydrogens is 324 g/mol. The van der Waals surface area contributed by atoms with E-state index in [1.165, 1.54) is 25.7 Å². The molecule has 2 unspecified atom stereocenters. The van der Waals surface area contributed by atoms with Crippen molar-refractivity contribution in [1.82, 2.24) is 0 Å². The van der Waals surface area contributed by atoms with Crippen LogP contribution in [0.3, 0.4) is 0 Å². The van der Waals surface area contributed by atoms with Crippen molar-refractivity contribution < 1.29 is 0 Å². The highest BCUT2D eigenvalue weighted by atomic mass is 79.9. The van der Waals surface area contributed by atoms with E-state index in [2.05, 4.69) is 34.2 Å². The number of nitrogens with two attached hydrogens (primary N) is 1. The monoisotopic (exact) mass is 344 g/mol. The second kappa shape index (κ2) is 6.47. The fraction of sp³-hybridized carbons (Fsp3) is 0.600. The Bertz CT molecular complexity index is 438. The summed E-state index contributed by atoms with van der Waals surface area (Å²) < 4.78 is 0.928. The Kier molecular flexibility index (Phi) is 5.15. The van der Waals surface area contributed by atoms with Gasteiger partial charge in [-0.3, -0.25) is 0 Å². The Hall–Kier alpha value is -0.250. The van der Waals surface area contributed by atoms with Crippen molar-refractivity contribution in [3.05, 3.63) is 27.7 Å². The van der Waals surface area contributed by atoms with Crippen LogP contribution in [0.1, 0.15) is 39.0 Å². The predicted molar refractivity (Wildman–Crippen MR) is 86.8 cm³/mol. The van der Waals surface area contributed by atoms with E-state index in [-0.39, 0.29) is 5.54 Å². The second-order valence-electron chi connectivity index (χ2n) is 5.47. The molecule has 1 fully saturated rings. The summed E-state index contributed by atoms with van der Waals surface area (Å²) >= 11 is 9.60. The standard InChI is InChI=1S/C15H22BrClN2/c1-2-11-5-3-4-8-15(11,10-18)19-12-6-7-13(16)14(17)9-12/h6-7,9,11,19H,2-5,8,10,18H2,1H3. The molecule has 2 nitrogen and oxygen atoms in total. The zero-order valence-corrected chi connectivity index (χ0v) is 13.7. The van der Waals surface area contributed by atoms with E-state index in [1.54, 1.807) is 0 Å². The molecule has 4 heteroatoms. The van der Waals surface area contributed by atoms with Gasteiger partial charge in [-0.2, -0.15) is 0 Å². The van der Waals surface area contributed by atoms with Gasteiger partial charge in [0.05, 0.1) is 10.6 Å². The van der Waals surface area contributed by atoms with Crippen molar-refractivity contribution in [3.63, 3.8) is 0 Å². The molecule has 2 atom stereocenters. The Morgan fingerprint density at radius 3 is 2.89 bits per heavy atom. The number of nitrogens with one attached hydrogen (secondary N) is 1. The zero-order valence-electron chi connectivity index (χ0n) is 11.4. The second-order valence-corrected chi connectivity index (χ2v) is 6.73. The normalized spacial score (nSPS) is 27.3. The van der Waals surface area contributed by atoms with Crippen molar-refractivity contribution in [2.45, 2.75) is 44.6 Å². The molecule has 0 aromatic heterocycles. The summed E-state index contributed by atoms with van der Waals surface area (Å²) in [6.45, 7) is 2.94. The van der Waals surface area contributed by atoms with E-state index >= 15 is 0 Å². The smallest absolute Gasteiger partial charge is 0.0568 e. The van der Waals surface area contributed by atoms with Gasteiger partial charge in [-0.15, -0.1) is 0 Å². The first kappa shape index (κ1) is 15.1. The molecule has 0 bridgehead atoms. The van der Waals surface area contributed by atoms with Crippen molar-refractivity contribution in [1.29, 1.82) is 0 Å². The van der Waals surface area contributed by atoms with Crippen molar-refractivity contribution >= 4 is 33.2 Å². The summed E-state index contributed by atoms with van der Waals surface area (Å²) in [5.41, 5.74) is 7.22. The van der Waals surface area contributed by atoms with Gasteiger partial charge >= 0.3 is 0 Å². The van der Waals surface area contributed by atoms with E-state index in [0.717, 1.165) is 21.6 Å². The average molecular weight is 346 g/mol. The van der Waals surface area contributed by atoms with Crippen molar-refractivity contribution in [3.8, 4) is 0 Å². The van der Waals surface area contributed by atoms with Gasteiger partial charge in [0.1, 0.15) is 0 Å². The first-order valence-electron chi connectivity index (χ1n) is 7.04. The summed E-state index contributed by atoms with van der Waals surface area (Å²) in [4.78, 5) is 0. The Morgan fingerprint density at radius 1 is 1.47 bits per heavy atom. The van der Waals surface area contributed by atoms with Crippen molar-refractivity contribution in [2.75, 3.05) is 11.9 Å². The molecule has 0 spiro atoms. The van der Waals surface area contributed by atoms with E-state index < -0.39 is 0 Å². The Morgan fingerprint density at radius 2 is 2.26 bits per heavy atom. The van der Waals surface area contributed by atoms with Crippen LogP contribution in [0.4, 0.5) is 5.69 Å². The number of benzene rings is 1. The first-order valence-corrected chi connectivity index (χ1v) is 8.21. The average Bonchev–Trinajstić information content (AvgIpc) is 2.43. The molecule has 0 amide bonds. The highest BCUT2D eigenvalue weighted by Crippen LogP contribution is 2.38. The molecule has 0 saturated heterocycles. The summed E-state index contributed by atoms with van der Waals surface area (Å²) in [5, 5.41) is 4.42. The number of anilines is 1. The molecule has 1 saturated carbocycles. The van der Waals surface area contributed by atoms with E-state index in [1.807, 2.05) is 12.1 Å². The van der Waals surface area contributed by atoms with Crippen LogP contribution >= 0.6 is 27.5 Å². The molecular formula is C15H22BrClN2. The molecule has 0 aliphatic heterocycles. The van der Waals surface area contributed by atoms with Gasteiger partial charge in [0.2, 0.25) is 0 Å². The van der Waals surface area contributed by atoms with Gasteiger partial charge in [-0.05, 0) is 52.9 Å². The fourth-order valence-corrected chi connectivity index (χ4v) is 3.68. The predicted octanol–water partition coefficient (Wildman–Crippen LogP) is 4.81. The van der Waals surface area contributed by atoms with Crippen LogP contribution < -0.4 is 11.1 Å². The van der Waals surface area contributed by atoms with Gasteiger partial charge in [0.25, 0.3) is 0 Å². The minimum atomic E-state index is 0.0319. The molecule has 0 radical (unpaired) electrons. The topological polar surface area (TPSA) is 38.0 Å².